The van der Waals surface area contributed by atoms with E-state index in [0.717, 1.165) is 19.5 Å². The van der Waals surface area contributed by atoms with Crippen LogP contribution in [0.2, 0.25) is 0 Å². The average molecular weight is 417 g/mol. The van der Waals surface area contributed by atoms with Crippen molar-refractivity contribution in [1.29, 1.82) is 0 Å². The topological polar surface area (TPSA) is 42.5 Å². The molecule has 1 fully saturated rings. The fourth-order valence-corrected chi connectivity index (χ4v) is 4.55. The Bertz CT molecular complexity index is 806. The minimum absolute atomic E-state index is 0.118. The Labute approximate surface area is 185 Å². The van der Waals surface area contributed by atoms with Gasteiger partial charge in [-0.25, -0.2) is 0 Å². The van der Waals surface area contributed by atoms with Gasteiger partial charge in [0.15, 0.2) is 0 Å². The zero-order chi connectivity index (χ0) is 21.4. The minimum Gasteiger partial charge on any atom is -0.382 e. The number of hydrogen-bond acceptors (Lipinski definition) is 4. The molecule has 2 unspecified atom stereocenters. The van der Waals surface area contributed by atoms with Crippen LogP contribution in [0.3, 0.4) is 0 Å². The van der Waals surface area contributed by atoms with Crippen LogP contribution < -0.4 is 10.6 Å². The highest BCUT2D eigenvalue weighted by Crippen LogP contribution is 2.37. The molecule has 1 heterocycles. The van der Waals surface area contributed by atoms with E-state index < -0.39 is 5.54 Å². The number of rotatable bonds is 9. The van der Waals surface area contributed by atoms with E-state index >= 15 is 0 Å². The molecule has 0 radical (unpaired) electrons. The number of methoxy groups -OCH3 is 1. The molecule has 4 heteroatoms. The van der Waals surface area contributed by atoms with Gasteiger partial charge in [0, 0.05) is 19.7 Å². The highest BCUT2D eigenvalue weighted by Gasteiger charge is 2.40. The van der Waals surface area contributed by atoms with Crippen LogP contribution in [0.1, 0.15) is 23.1 Å². The lowest BCUT2D eigenvalue weighted by atomic mass is 9.76. The molecule has 4 rings (SSSR count). The summed E-state index contributed by atoms with van der Waals surface area (Å²) in [6.07, 6.45) is 1.09. The minimum atomic E-state index is -0.490. The smallest absolute Gasteiger partial charge is 0.0951 e. The van der Waals surface area contributed by atoms with Crippen molar-refractivity contribution in [3.63, 3.8) is 0 Å². The summed E-state index contributed by atoms with van der Waals surface area (Å²) in [5.74, 6) is 0. The first-order valence-corrected chi connectivity index (χ1v) is 11.1. The third-order valence-corrected chi connectivity index (χ3v) is 6.06. The van der Waals surface area contributed by atoms with Gasteiger partial charge in [0.25, 0.3) is 0 Å². The molecule has 4 nitrogen and oxygen atoms in total. The molecule has 0 spiro atoms. The molecule has 0 saturated carbocycles. The fraction of sp³-hybridized carbons (Fsp3) is 0.333. The third-order valence-electron chi connectivity index (χ3n) is 6.06. The Kier molecular flexibility index (Phi) is 7.49. The van der Waals surface area contributed by atoms with Crippen molar-refractivity contribution in [2.75, 3.05) is 33.4 Å². The molecule has 0 bridgehead atoms. The molecule has 2 N–H and O–H groups in total. The number of hydrogen-bond donors (Lipinski definition) is 2. The van der Waals surface area contributed by atoms with Gasteiger partial charge in [-0.2, -0.15) is 0 Å². The van der Waals surface area contributed by atoms with Crippen molar-refractivity contribution in [2.24, 2.45) is 0 Å². The average Bonchev–Trinajstić information content (AvgIpc) is 2.85. The lowest BCUT2D eigenvalue weighted by Gasteiger charge is -2.43. The van der Waals surface area contributed by atoms with Crippen LogP contribution >= 0.6 is 0 Å². The molecule has 3 aromatic rings. The van der Waals surface area contributed by atoms with Gasteiger partial charge in [-0.3, -0.25) is 5.32 Å². The summed E-state index contributed by atoms with van der Waals surface area (Å²) in [5, 5.41) is 7.63. The molecule has 0 aromatic heterocycles. The van der Waals surface area contributed by atoms with E-state index in [0.29, 0.717) is 13.2 Å². The van der Waals surface area contributed by atoms with E-state index in [4.69, 9.17) is 9.47 Å². The first kappa shape index (κ1) is 21.7. The molecule has 31 heavy (non-hydrogen) atoms. The zero-order valence-electron chi connectivity index (χ0n) is 18.2. The fourth-order valence-electron chi connectivity index (χ4n) is 4.55. The molecule has 1 saturated heterocycles. The maximum atomic E-state index is 6.26. The van der Waals surface area contributed by atoms with Crippen molar-refractivity contribution >= 4 is 0 Å². The molecule has 2 atom stereocenters. The predicted molar refractivity (Wildman–Crippen MR) is 125 cm³/mol. The summed E-state index contributed by atoms with van der Waals surface area (Å²) in [6.45, 7) is 3.03. The standard InChI is InChI=1S/C27H32N2O2/c1-30-19-20-31-26-17-18-28-21-25(26)29-27(22-11-5-2-6-12-22,23-13-7-3-8-14-23)24-15-9-4-10-16-24/h2-16,25-26,28-29H,17-21H2,1H3. The monoisotopic (exact) mass is 416 g/mol. The molecule has 0 aliphatic carbocycles. The van der Waals surface area contributed by atoms with Gasteiger partial charge in [-0.1, -0.05) is 91.0 Å². The summed E-state index contributed by atoms with van der Waals surface area (Å²) >= 11 is 0. The van der Waals surface area contributed by atoms with E-state index in [-0.39, 0.29) is 12.1 Å². The largest absolute Gasteiger partial charge is 0.382 e. The van der Waals surface area contributed by atoms with Crippen LogP contribution in [0.25, 0.3) is 0 Å². The molecule has 1 aliphatic heterocycles. The Morgan fingerprint density at radius 1 is 0.806 bits per heavy atom. The van der Waals surface area contributed by atoms with Crippen LogP contribution in [0, 0.1) is 0 Å². The van der Waals surface area contributed by atoms with Crippen molar-refractivity contribution in [1.82, 2.24) is 10.6 Å². The molecule has 3 aromatic carbocycles. The summed E-state index contributed by atoms with van der Waals surface area (Å²) in [5.41, 5.74) is 3.16. The van der Waals surface area contributed by atoms with Gasteiger partial charge in [0.2, 0.25) is 0 Å². The van der Waals surface area contributed by atoms with Crippen LogP contribution in [0.4, 0.5) is 0 Å². The lowest BCUT2D eigenvalue weighted by molar-refractivity contribution is -0.0174. The quantitative estimate of drug-likeness (QED) is 0.409. The second kappa shape index (κ2) is 10.7. The van der Waals surface area contributed by atoms with Crippen molar-refractivity contribution < 1.29 is 9.47 Å². The van der Waals surface area contributed by atoms with Gasteiger partial charge in [-0.15, -0.1) is 0 Å². The second-order valence-electron chi connectivity index (χ2n) is 7.99. The number of nitrogens with one attached hydrogen (secondary N) is 2. The maximum absolute atomic E-state index is 6.26. The predicted octanol–water partition coefficient (Wildman–Crippen LogP) is 3.96. The first-order valence-electron chi connectivity index (χ1n) is 11.1. The van der Waals surface area contributed by atoms with Crippen LogP contribution in [0.15, 0.2) is 91.0 Å². The Morgan fingerprint density at radius 2 is 1.32 bits per heavy atom. The zero-order valence-corrected chi connectivity index (χ0v) is 18.2. The summed E-state index contributed by atoms with van der Waals surface area (Å²) in [4.78, 5) is 0. The van der Waals surface area contributed by atoms with E-state index in [9.17, 15) is 0 Å². The van der Waals surface area contributed by atoms with Crippen molar-refractivity contribution in [3.8, 4) is 0 Å². The van der Waals surface area contributed by atoms with E-state index in [1.54, 1.807) is 7.11 Å². The number of piperidine rings is 1. The molecular weight excluding hydrogens is 384 g/mol. The van der Waals surface area contributed by atoms with E-state index in [1.807, 2.05) is 0 Å². The summed E-state index contributed by atoms with van der Waals surface area (Å²) in [6, 6.07) is 32.3. The Balaban J connectivity index is 1.80. The highest BCUT2D eigenvalue weighted by atomic mass is 16.5. The number of ether oxygens (including phenoxy) is 2. The van der Waals surface area contributed by atoms with Gasteiger partial charge in [-0.05, 0) is 29.7 Å². The highest BCUT2D eigenvalue weighted by molar-refractivity contribution is 5.49. The lowest BCUT2D eigenvalue weighted by Crippen LogP contribution is -2.60. The van der Waals surface area contributed by atoms with Gasteiger partial charge >= 0.3 is 0 Å². The molecule has 162 valence electrons. The van der Waals surface area contributed by atoms with Gasteiger partial charge in [0.1, 0.15) is 0 Å². The van der Waals surface area contributed by atoms with Crippen LogP contribution in [-0.4, -0.2) is 45.6 Å². The van der Waals surface area contributed by atoms with E-state index in [2.05, 4.69) is 102 Å². The maximum Gasteiger partial charge on any atom is 0.0951 e. The Hall–Kier alpha value is -2.50. The first-order chi connectivity index (χ1) is 15.3. The van der Waals surface area contributed by atoms with Crippen molar-refractivity contribution in [3.05, 3.63) is 108 Å². The second-order valence-corrected chi connectivity index (χ2v) is 7.99. The third kappa shape index (κ3) is 4.89. The molecule has 1 aliphatic rings. The van der Waals surface area contributed by atoms with Crippen LogP contribution in [0.5, 0.6) is 0 Å². The normalized spacial score (nSPS) is 19.3. The Morgan fingerprint density at radius 3 is 1.81 bits per heavy atom. The summed E-state index contributed by atoms with van der Waals surface area (Å²) < 4.78 is 11.5. The van der Waals surface area contributed by atoms with Crippen molar-refractivity contribution in [2.45, 2.75) is 24.1 Å². The SMILES string of the molecule is COCCOC1CCNCC1NC(c1ccccc1)(c1ccccc1)c1ccccc1. The summed E-state index contributed by atoms with van der Waals surface area (Å²) in [7, 11) is 1.72. The van der Waals surface area contributed by atoms with E-state index in [1.165, 1.54) is 16.7 Å². The number of benzene rings is 3. The molecular formula is C27H32N2O2. The molecule has 0 amide bonds. The van der Waals surface area contributed by atoms with Gasteiger partial charge in [0.05, 0.1) is 24.9 Å². The van der Waals surface area contributed by atoms with Gasteiger partial charge < -0.3 is 14.8 Å². The van der Waals surface area contributed by atoms with Crippen LogP contribution in [-0.2, 0) is 15.0 Å².